The molecule has 1 nitrogen and oxygen atoms in total. The van der Waals surface area contributed by atoms with E-state index in [-0.39, 0.29) is 6.42 Å². The number of alkyl halides is 4. The van der Waals surface area contributed by atoms with Crippen LogP contribution in [0.4, 0.5) is 22.0 Å². The molecule has 90 valence electrons. The second kappa shape index (κ2) is 4.78. The first-order valence-corrected chi connectivity index (χ1v) is 4.55. The molecule has 0 bridgehead atoms. The minimum Gasteiger partial charge on any atom is -0.324 e. The third-order valence-electron chi connectivity index (χ3n) is 2.15. The van der Waals surface area contributed by atoms with E-state index in [1.54, 1.807) is 0 Å². The Hall–Kier alpha value is -1.17. The van der Waals surface area contributed by atoms with E-state index in [9.17, 15) is 22.0 Å². The van der Waals surface area contributed by atoms with Crippen molar-refractivity contribution in [2.45, 2.75) is 18.6 Å². The molecule has 1 atom stereocenters. The van der Waals surface area contributed by atoms with Crippen molar-refractivity contribution in [3.05, 3.63) is 35.1 Å². The molecule has 0 heterocycles. The van der Waals surface area contributed by atoms with Crippen LogP contribution >= 0.6 is 0 Å². The van der Waals surface area contributed by atoms with Gasteiger partial charge in [0.25, 0.3) is 0 Å². The van der Waals surface area contributed by atoms with E-state index in [0.29, 0.717) is 6.07 Å². The van der Waals surface area contributed by atoms with Crippen LogP contribution < -0.4 is 5.73 Å². The predicted molar refractivity (Wildman–Crippen MR) is 48.9 cm³/mol. The number of hydrogen-bond acceptors (Lipinski definition) is 1. The van der Waals surface area contributed by atoms with Crippen LogP contribution in [0.3, 0.4) is 0 Å². The maximum atomic E-state index is 13.1. The van der Waals surface area contributed by atoms with Crippen LogP contribution in [-0.2, 0) is 6.18 Å². The lowest BCUT2D eigenvalue weighted by Gasteiger charge is -2.17. The molecule has 0 aliphatic carbocycles. The highest BCUT2D eigenvalue weighted by atomic mass is 19.4. The van der Waals surface area contributed by atoms with Crippen molar-refractivity contribution < 1.29 is 22.0 Å². The largest absolute Gasteiger partial charge is 0.419 e. The highest BCUT2D eigenvalue weighted by Crippen LogP contribution is 2.36. The van der Waals surface area contributed by atoms with Gasteiger partial charge in [0, 0.05) is 6.04 Å². The fraction of sp³-hybridized carbons (Fsp3) is 0.400. The number of halogens is 5. The second-order valence-corrected chi connectivity index (χ2v) is 3.29. The summed E-state index contributed by atoms with van der Waals surface area (Å²) in [7, 11) is 0. The molecule has 0 fully saturated rings. The molecule has 0 radical (unpaired) electrons. The molecule has 1 rings (SSSR count). The van der Waals surface area contributed by atoms with E-state index < -0.39 is 35.8 Å². The lowest BCUT2D eigenvalue weighted by molar-refractivity contribution is -0.140. The molecular weight excluding hydrogens is 229 g/mol. The second-order valence-electron chi connectivity index (χ2n) is 3.29. The first-order chi connectivity index (χ1) is 7.38. The molecular formula is C10H10F5N. The van der Waals surface area contributed by atoms with E-state index in [4.69, 9.17) is 5.73 Å². The number of hydrogen-bond donors (Lipinski definition) is 1. The summed E-state index contributed by atoms with van der Waals surface area (Å²) in [6.07, 6.45) is -5.10. The van der Waals surface area contributed by atoms with Gasteiger partial charge in [0.1, 0.15) is 5.82 Å². The topological polar surface area (TPSA) is 26.0 Å². The molecule has 0 aliphatic rings. The average Bonchev–Trinajstić information content (AvgIpc) is 2.15. The molecule has 0 amide bonds. The van der Waals surface area contributed by atoms with Crippen molar-refractivity contribution in [3.63, 3.8) is 0 Å². The molecule has 0 aromatic heterocycles. The van der Waals surface area contributed by atoms with Gasteiger partial charge in [-0.15, -0.1) is 0 Å². The van der Waals surface area contributed by atoms with Crippen LogP contribution in [0, 0.1) is 5.82 Å². The molecule has 0 aliphatic heterocycles. The van der Waals surface area contributed by atoms with Gasteiger partial charge in [0.05, 0.1) is 12.2 Å². The molecule has 16 heavy (non-hydrogen) atoms. The van der Waals surface area contributed by atoms with Crippen molar-refractivity contribution in [3.8, 4) is 0 Å². The third kappa shape index (κ3) is 2.69. The third-order valence-corrected chi connectivity index (χ3v) is 2.15. The summed E-state index contributed by atoms with van der Waals surface area (Å²) < 4.78 is 62.6. The predicted octanol–water partition coefficient (Wildman–Crippen LogP) is 3.20. The summed E-state index contributed by atoms with van der Waals surface area (Å²) in [5.41, 5.74) is 3.55. The standard InChI is InChI=1S/C10H10F5N/c11-5-4-8(16)6-2-1-3-7(12)9(6)10(13,14)15/h1-3,8H,4-5,16H2/t8-/m1/s1. The zero-order chi connectivity index (χ0) is 12.3. The van der Waals surface area contributed by atoms with E-state index in [0.717, 1.165) is 12.1 Å². The highest BCUT2D eigenvalue weighted by Gasteiger charge is 2.37. The van der Waals surface area contributed by atoms with Crippen LogP contribution in [0.15, 0.2) is 18.2 Å². The molecule has 6 heteroatoms. The van der Waals surface area contributed by atoms with Gasteiger partial charge >= 0.3 is 6.18 Å². The SMILES string of the molecule is N[C@H](CCF)c1cccc(F)c1C(F)(F)F. The van der Waals surface area contributed by atoms with Gasteiger partial charge < -0.3 is 5.73 Å². The van der Waals surface area contributed by atoms with Gasteiger partial charge in [-0.3, -0.25) is 4.39 Å². The Morgan fingerprint density at radius 1 is 1.25 bits per heavy atom. The smallest absolute Gasteiger partial charge is 0.324 e. The van der Waals surface area contributed by atoms with Crippen LogP contribution in [0.5, 0.6) is 0 Å². The summed E-state index contributed by atoms with van der Waals surface area (Å²) in [4.78, 5) is 0. The van der Waals surface area contributed by atoms with Gasteiger partial charge in [0.15, 0.2) is 0 Å². The van der Waals surface area contributed by atoms with Gasteiger partial charge in [-0.05, 0) is 18.1 Å². The summed E-state index contributed by atoms with van der Waals surface area (Å²) >= 11 is 0. The van der Waals surface area contributed by atoms with Gasteiger partial charge in [-0.25, -0.2) is 4.39 Å². The van der Waals surface area contributed by atoms with Gasteiger partial charge in [0.2, 0.25) is 0 Å². The lowest BCUT2D eigenvalue weighted by atomic mass is 9.98. The van der Waals surface area contributed by atoms with E-state index in [1.165, 1.54) is 0 Å². The summed E-state index contributed by atoms with van der Waals surface area (Å²) in [5.74, 6) is -1.39. The number of rotatable bonds is 3. The van der Waals surface area contributed by atoms with Crippen molar-refractivity contribution in [1.82, 2.24) is 0 Å². The van der Waals surface area contributed by atoms with Crippen LogP contribution in [-0.4, -0.2) is 6.67 Å². The highest BCUT2D eigenvalue weighted by molar-refractivity contribution is 5.33. The fourth-order valence-corrected chi connectivity index (χ4v) is 1.42. The lowest BCUT2D eigenvalue weighted by Crippen LogP contribution is -2.19. The Labute approximate surface area is 89.1 Å². The minimum absolute atomic E-state index is 0.271. The van der Waals surface area contributed by atoms with Crippen molar-refractivity contribution in [2.75, 3.05) is 6.67 Å². The van der Waals surface area contributed by atoms with Crippen LogP contribution in [0.1, 0.15) is 23.6 Å². The Balaban J connectivity index is 3.23. The van der Waals surface area contributed by atoms with Crippen molar-refractivity contribution >= 4 is 0 Å². The van der Waals surface area contributed by atoms with Gasteiger partial charge in [-0.2, -0.15) is 13.2 Å². The number of nitrogens with two attached hydrogens (primary N) is 1. The van der Waals surface area contributed by atoms with Gasteiger partial charge in [-0.1, -0.05) is 12.1 Å². The quantitative estimate of drug-likeness (QED) is 0.805. The molecule has 2 N–H and O–H groups in total. The van der Waals surface area contributed by atoms with Crippen LogP contribution in [0.25, 0.3) is 0 Å². The average molecular weight is 239 g/mol. The monoisotopic (exact) mass is 239 g/mol. The maximum absolute atomic E-state index is 13.1. The zero-order valence-electron chi connectivity index (χ0n) is 8.19. The van der Waals surface area contributed by atoms with E-state index in [1.807, 2.05) is 0 Å². The van der Waals surface area contributed by atoms with Crippen molar-refractivity contribution in [1.29, 1.82) is 0 Å². The van der Waals surface area contributed by atoms with Crippen LogP contribution in [0.2, 0.25) is 0 Å². The molecule has 0 spiro atoms. The van der Waals surface area contributed by atoms with Crippen molar-refractivity contribution in [2.24, 2.45) is 5.73 Å². The Bertz CT molecular complexity index is 361. The normalized spacial score (nSPS) is 13.9. The molecule has 0 saturated carbocycles. The minimum atomic E-state index is -4.82. The Morgan fingerprint density at radius 2 is 1.88 bits per heavy atom. The molecule has 1 aromatic rings. The molecule has 1 aromatic carbocycles. The van der Waals surface area contributed by atoms with E-state index in [2.05, 4.69) is 0 Å². The summed E-state index contributed by atoms with van der Waals surface area (Å²) in [6.45, 7) is -0.852. The summed E-state index contributed by atoms with van der Waals surface area (Å²) in [6, 6.07) is 1.73. The first kappa shape index (κ1) is 12.9. The molecule has 0 saturated heterocycles. The zero-order valence-corrected chi connectivity index (χ0v) is 8.19. The summed E-state index contributed by atoms with van der Waals surface area (Å²) in [5, 5.41) is 0. The fourth-order valence-electron chi connectivity index (χ4n) is 1.42. The Morgan fingerprint density at radius 3 is 2.38 bits per heavy atom. The first-order valence-electron chi connectivity index (χ1n) is 4.55. The van der Waals surface area contributed by atoms with E-state index >= 15 is 0 Å². The number of benzene rings is 1. The maximum Gasteiger partial charge on any atom is 0.419 e. The Kier molecular flexibility index (Phi) is 3.85. The molecule has 0 unspecified atom stereocenters.